The number of methoxy groups -OCH3 is 2. The number of esters is 2. The lowest BCUT2D eigenvalue weighted by Crippen LogP contribution is -2.48. The first-order valence-corrected chi connectivity index (χ1v) is 25.6. The molecule has 19 heteroatoms. The lowest BCUT2D eigenvalue weighted by atomic mass is 9.71. The van der Waals surface area contributed by atoms with Gasteiger partial charge in [-0.3, -0.25) is 0 Å². The molecular formula is C52H64F6O11S2. The van der Waals surface area contributed by atoms with E-state index in [0.717, 1.165) is 42.8 Å². The van der Waals surface area contributed by atoms with Crippen LogP contribution in [0.5, 0.6) is 5.75 Å². The number of carbonyl (C=O) groups excluding carboxylic acids is 2. The smallest absolute Gasteiger partial charge is 0.380 e. The number of allylic oxidation sites excluding steroid dienone is 4. The molecule has 0 aromatic heterocycles. The minimum absolute atomic E-state index is 0.00628. The van der Waals surface area contributed by atoms with Crippen molar-refractivity contribution in [2.75, 3.05) is 100 Å². The molecule has 0 bridgehead atoms. The van der Waals surface area contributed by atoms with Crippen LogP contribution in [-0.2, 0) is 37.9 Å². The summed E-state index contributed by atoms with van der Waals surface area (Å²) in [5.41, 5.74) is -3.19. The van der Waals surface area contributed by atoms with E-state index in [-0.39, 0.29) is 80.0 Å². The van der Waals surface area contributed by atoms with Crippen LogP contribution in [0.3, 0.4) is 0 Å². The molecule has 2 aliphatic carbocycles. The molecule has 0 radical (unpaired) electrons. The fourth-order valence-electron chi connectivity index (χ4n) is 8.65. The van der Waals surface area contributed by atoms with E-state index in [4.69, 9.17) is 42.6 Å². The van der Waals surface area contributed by atoms with Crippen molar-refractivity contribution in [2.24, 2.45) is 0 Å². The SMILES string of the molecule is CCCCCCCCCOc1ccc(C2=CC3=C4C(=C5C=C(c6cc(C(=O)OCCOCCOCCOC)cc(C(=O)OCCOCCOCCOC)c6)SC5(C)C3(C)S2)C(F)(F)C(F)(F)C4(F)F)cc1. The maximum atomic E-state index is 16.3. The van der Waals surface area contributed by atoms with Gasteiger partial charge in [-0.2, -0.15) is 26.3 Å². The van der Waals surface area contributed by atoms with Gasteiger partial charge in [0, 0.05) is 35.2 Å². The van der Waals surface area contributed by atoms with Gasteiger partial charge in [0.25, 0.3) is 0 Å². The van der Waals surface area contributed by atoms with E-state index in [2.05, 4.69) is 6.92 Å². The highest BCUT2D eigenvalue weighted by Crippen LogP contribution is 2.75. The Bertz CT molecular complexity index is 2230. The van der Waals surface area contributed by atoms with E-state index in [9.17, 15) is 9.59 Å². The zero-order chi connectivity index (χ0) is 51.3. The lowest BCUT2D eigenvalue weighted by molar-refractivity contribution is -0.258. The summed E-state index contributed by atoms with van der Waals surface area (Å²) in [6.45, 7) is 8.03. The number of benzene rings is 2. The summed E-state index contributed by atoms with van der Waals surface area (Å²) in [6.07, 6.45) is 10.3. The Balaban J connectivity index is 1.27. The number of ether oxygens (including phenoxy) is 9. The third kappa shape index (κ3) is 12.6. The lowest BCUT2D eigenvalue weighted by Gasteiger charge is -2.47. The van der Waals surface area contributed by atoms with Gasteiger partial charge in [0.2, 0.25) is 0 Å². The van der Waals surface area contributed by atoms with Gasteiger partial charge in [0.15, 0.2) is 0 Å². The fourth-order valence-corrected chi connectivity index (χ4v) is 11.8. The van der Waals surface area contributed by atoms with Crippen LogP contribution >= 0.6 is 23.5 Å². The van der Waals surface area contributed by atoms with Crippen LogP contribution in [0.4, 0.5) is 26.3 Å². The first-order valence-electron chi connectivity index (χ1n) is 24.0. The number of fused-ring (bicyclic) bond motifs is 4. The molecule has 1 saturated carbocycles. The van der Waals surface area contributed by atoms with Crippen molar-refractivity contribution in [3.63, 3.8) is 0 Å². The quantitative estimate of drug-likeness (QED) is 0.0405. The predicted octanol–water partition coefficient (Wildman–Crippen LogP) is 11.4. The summed E-state index contributed by atoms with van der Waals surface area (Å²) < 4.78 is 142. The van der Waals surface area contributed by atoms with Gasteiger partial charge in [-0.1, -0.05) is 57.6 Å². The largest absolute Gasteiger partial charge is 0.494 e. The van der Waals surface area contributed by atoms with Crippen molar-refractivity contribution in [3.8, 4) is 5.75 Å². The number of halogens is 6. The Morgan fingerprint density at radius 1 is 0.507 bits per heavy atom. The van der Waals surface area contributed by atoms with Gasteiger partial charge in [-0.15, -0.1) is 23.5 Å². The van der Waals surface area contributed by atoms with Crippen molar-refractivity contribution in [1.82, 2.24) is 0 Å². The number of unbranched alkanes of at least 4 members (excludes halogenated alkanes) is 6. The molecule has 0 spiro atoms. The summed E-state index contributed by atoms with van der Waals surface area (Å²) in [5, 5.41) is 0. The number of rotatable bonds is 31. The predicted molar refractivity (Wildman–Crippen MR) is 261 cm³/mol. The average Bonchev–Trinajstić information content (AvgIpc) is 3.94. The molecule has 2 heterocycles. The highest BCUT2D eigenvalue weighted by molar-refractivity contribution is 8.14. The molecule has 2 atom stereocenters. The van der Waals surface area contributed by atoms with Crippen molar-refractivity contribution in [3.05, 3.63) is 99.2 Å². The van der Waals surface area contributed by atoms with Gasteiger partial charge in [-0.25, -0.2) is 9.59 Å². The van der Waals surface area contributed by atoms with Gasteiger partial charge < -0.3 is 42.6 Å². The average molecular weight is 1040 g/mol. The van der Waals surface area contributed by atoms with Crippen molar-refractivity contribution < 1.29 is 78.6 Å². The van der Waals surface area contributed by atoms with Crippen LogP contribution in [0.25, 0.3) is 9.81 Å². The Morgan fingerprint density at radius 2 is 0.915 bits per heavy atom. The third-order valence-electron chi connectivity index (χ3n) is 12.7. The van der Waals surface area contributed by atoms with Crippen LogP contribution in [0.1, 0.15) is 97.6 Å². The first kappa shape index (κ1) is 56.5. The summed E-state index contributed by atoms with van der Waals surface area (Å²) in [4.78, 5) is 27.7. The summed E-state index contributed by atoms with van der Waals surface area (Å²) in [7, 11) is 3.10. The molecule has 71 heavy (non-hydrogen) atoms. The normalized spacial score (nSPS) is 21.5. The zero-order valence-corrected chi connectivity index (χ0v) is 42.5. The second kappa shape index (κ2) is 25.4. The van der Waals surface area contributed by atoms with Crippen LogP contribution in [-0.4, -0.2) is 139 Å². The maximum absolute atomic E-state index is 16.3. The first-order chi connectivity index (χ1) is 34.0. The van der Waals surface area contributed by atoms with Crippen LogP contribution in [0.2, 0.25) is 0 Å². The van der Waals surface area contributed by atoms with E-state index < -0.39 is 55.9 Å². The second-order valence-corrected chi connectivity index (χ2v) is 20.5. The number of thioether (sulfide) groups is 2. The topological polar surface area (TPSA) is 117 Å². The fraction of sp³-hybridized carbons (Fsp3) is 0.577. The van der Waals surface area contributed by atoms with E-state index in [1.165, 1.54) is 56.0 Å². The Hall–Kier alpha value is -3.82. The molecule has 0 N–H and O–H groups in total. The summed E-state index contributed by atoms with van der Waals surface area (Å²) in [5.74, 6) is -17.5. The molecule has 2 aromatic rings. The van der Waals surface area contributed by atoms with Crippen molar-refractivity contribution >= 4 is 45.3 Å². The van der Waals surface area contributed by atoms with Crippen molar-refractivity contribution in [2.45, 2.75) is 93.0 Å². The van der Waals surface area contributed by atoms with Crippen LogP contribution in [0.15, 0.2) is 76.9 Å². The molecule has 392 valence electrons. The zero-order valence-electron chi connectivity index (χ0n) is 40.9. The van der Waals surface area contributed by atoms with Crippen LogP contribution < -0.4 is 4.74 Å². The minimum atomic E-state index is -5.77. The molecule has 2 aliphatic heterocycles. The van der Waals surface area contributed by atoms with E-state index in [1.807, 2.05) is 0 Å². The number of hydrogen-bond donors (Lipinski definition) is 0. The Labute approximate surface area is 420 Å². The highest BCUT2D eigenvalue weighted by atomic mass is 32.2. The van der Waals surface area contributed by atoms with E-state index in [1.54, 1.807) is 52.3 Å². The Morgan fingerprint density at radius 3 is 1.37 bits per heavy atom. The highest BCUT2D eigenvalue weighted by Gasteiger charge is 2.84. The van der Waals surface area contributed by atoms with E-state index in [0.29, 0.717) is 49.3 Å². The summed E-state index contributed by atoms with van der Waals surface area (Å²) >= 11 is 2.11. The van der Waals surface area contributed by atoms with Crippen molar-refractivity contribution in [1.29, 1.82) is 0 Å². The van der Waals surface area contributed by atoms with E-state index >= 15 is 26.3 Å². The van der Waals surface area contributed by atoms with Crippen LogP contribution in [0, 0.1) is 0 Å². The molecule has 6 rings (SSSR count). The number of hydrogen-bond acceptors (Lipinski definition) is 13. The monoisotopic (exact) mass is 1040 g/mol. The van der Waals surface area contributed by atoms with Gasteiger partial charge in [0.05, 0.1) is 93.3 Å². The Kier molecular flexibility index (Phi) is 20.2. The minimum Gasteiger partial charge on any atom is -0.494 e. The number of carbonyl (C=O) groups is 2. The van der Waals surface area contributed by atoms with Gasteiger partial charge in [0.1, 0.15) is 19.0 Å². The standard InChI is InChI=1S/C52H64F6O11S2/c1-6-7-8-9-10-11-12-17-67-39-15-13-35(14-16-39)42-33-40-44-45(51(55,56)52(57,58)50(44,53)54)41-34-43(71-49(41,3)48(40,2)70-42)36-30-37(46(59)68-28-26-65-24-22-63-20-18-61-4)32-38(31-36)47(60)69-29-27-66-25-23-64-21-19-62-5/h13-16,30-34H,6-12,17-29H2,1-5H3. The molecule has 0 saturated heterocycles. The molecule has 2 unspecified atom stereocenters. The third-order valence-corrected chi connectivity index (χ3v) is 16.0. The van der Waals surface area contributed by atoms with Gasteiger partial charge >= 0.3 is 29.7 Å². The molecule has 11 nitrogen and oxygen atoms in total. The maximum Gasteiger partial charge on any atom is 0.380 e. The molecule has 2 aromatic carbocycles. The molecular weight excluding hydrogens is 979 g/mol. The van der Waals surface area contributed by atoms with Gasteiger partial charge in [-0.05, 0) is 85.0 Å². The molecule has 4 aliphatic rings. The number of alkyl halides is 6. The summed E-state index contributed by atoms with van der Waals surface area (Å²) in [6, 6.07) is 10.9. The molecule has 1 fully saturated rings. The second-order valence-electron chi connectivity index (χ2n) is 17.6. The molecule has 0 amide bonds.